The molecule has 0 saturated heterocycles. The number of benzene rings is 6. The topological polar surface area (TPSA) is 9.72 Å². The first-order valence-electron chi connectivity index (χ1n) is 29.8. The first kappa shape index (κ1) is 52.9. The summed E-state index contributed by atoms with van der Waals surface area (Å²) in [5, 5.41) is 0. The summed E-state index contributed by atoms with van der Waals surface area (Å²) in [6.07, 6.45) is 4.78. The largest absolute Gasteiger partial charge is 0.334 e. The minimum atomic E-state index is -0.297. The van der Waals surface area contributed by atoms with Crippen molar-refractivity contribution in [2.75, 3.05) is 14.7 Å². The Bertz CT molecular complexity index is 3380. The summed E-state index contributed by atoms with van der Waals surface area (Å²) in [5.41, 5.74) is 28.1. The van der Waals surface area contributed by atoms with E-state index in [1.807, 2.05) is 0 Å². The number of fused-ring (bicyclic) bond motifs is 9. The van der Waals surface area contributed by atoms with Crippen LogP contribution in [0.3, 0.4) is 0 Å². The van der Waals surface area contributed by atoms with Gasteiger partial charge in [0.15, 0.2) is 0 Å². The van der Waals surface area contributed by atoms with Gasteiger partial charge in [0, 0.05) is 72.9 Å². The van der Waals surface area contributed by atoms with Gasteiger partial charge in [-0.05, 0) is 151 Å². The number of hydrogen-bond donors (Lipinski definition) is 0. The highest BCUT2D eigenvalue weighted by atomic mass is 15.3. The molecule has 3 aliphatic carbocycles. The fourth-order valence-corrected chi connectivity index (χ4v) is 15.6. The first-order valence-corrected chi connectivity index (χ1v) is 29.8. The molecule has 3 nitrogen and oxygen atoms in total. The lowest BCUT2D eigenvalue weighted by atomic mass is 9.27. The summed E-state index contributed by atoms with van der Waals surface area (Å²) in [4.78, 5) is 8.40. The molecule has 1 fully saturated rings. The molecule has 6 aliphatic rings. The maximum atomic E-state index is 2.86. The highest BCUT2D eigenvalue weighted by Gasteiger charge is 2.61. The molecule has 78 heavy (non-hydrogen) atoms. The lowest BCUT2D eigenvalue weighted by Crippen LogP contribution is -2.55. The summed E-state index contributed by atoms with van der Waals surface area (Å²) >= 11 is 0. The van der Waals surface area contributed by atoms with E-state index < -0.39 is 0 Å². The second kappa shape index (κ2) is 16.4. The Balaban J connectivity index is 1.26. The Hall–Kier alpha value is -5.74. The highest BCUT2D eigenvalue weighted by Crippen LogP contribution is 2.66. The zero-order chi connectivity index (χ0) is 56.2. The summed E-state index contributed by atoms with van der Waals surface area (Å²) in [6.45, 7) is 50.9. The van der Waals surface area contributed by atoms with Crippen molar-refractivity contribution in [2.24, 2.45) is 0 Å². The van der Waals surface area contributed by atoms with Crippen LogP contribution in [0.15, 0.2) is 126 Å². The van der Waals surface area contributed by atoms with Crippen molar-refractivity contribution in [3.63, 3.8) is 0 Å². The summed E-state index contributed by atoms with van der Waals surface area (Å²) in [5.74, 6) is 0. The van der Waals surface area contributed by atoms with E-state index in [9.17, 15) is 0 Å². The SMILES string of the molecule is CC(C)(C)c1ccc(N2C3=C(B4C5=C(c6cc(C(C)(C)C)ccc6C5(C)C)N(c5ccc(C(C)(C)C)cc5)c5cc(N6c7ccc(C(C)(C)C)cc7C7(C)CCCCC67C)cc2c54)C(C)(C)c2ccc(C(C)(C)C)cc23)cc1. The third-order valence-corrected chi connectivity index (χ3v) is 20.6. The van der Waals surface area contributed by atoms with E-state index in [-0.39, 0.29) is 55.6 Å². The van der Waals surface area contributed by atoms with Crippen molar-refractivity contribution >= 4 is 57.7 Å². The van der Waals surface area contributed by atoms with Crippen molar-refractivity contribution in [1.29, 1.82) is 0 Å². The molecule has 12 rings (SSSR count). The Morgan fingerprint density at radius 2 is 0.744 bits per heavy atom. The monoisotopic (exact) mass is 1030 g/mol. The van der Waals surface area contributed by atoms with Gasteiger partial charge in [-0.1, -0.05) is 223 Å². The van der Waals surface area contributed by atoms with Crippen LogP contribution in [0.4, 0.5) is 34.1 Å². The van der Waals surface area contributed by atoms with Crippen LogP contribution in [0.2, 0.25) is 0 Å². The normalized spacial score (nSPS) is 22.1. The average Bonchev–Trinajstić information content (AvgIpc) is 4.07. The van der Waals surface area contributed by atoms with Gasteiger partial charge in [-0.3, -0.25) is 0 Å². The van der Waals surface area contributed by atoms with Gasteiger partial charge in [0.2, 0.25) is 6.71 Å². The van der Waals surface area contributed by atoms with Gasteiger partial charge in [-0.2, -0.15) is 0 Å². The number of allylic oxidation sites excluding steroid dienone is 2. The Labute approximate surface area is 471 Å². The van der Waals surface area contributed by atoms with E-state index in [0.29, 0.717) is 0 Å². The molecule has 404 valence electrons. The van der Waals surface area contributed by atoms with Crippen LogP contribution in [0, 0.1) is 0 Å². The zero-order valence-corrected chi connectivity index (χ0v) is 51.7. The van der Waals surface area contributed by atoms with E-state index in [0.717, 1.165) is 6.42 Å². The Morgan fingerprint density at radius 1 is 0.372 bits per heavy atom. The lowest BCUT2D eigenvalue weighted by molar-refractivity contribution is 0.195. The molecule has 0 bridgehead atoms. The second-order valence-electron chi connectivity index (χ2n) is 31.5. The van der Waals surface area contributed by atoms with Crippen molar-refractivity contribution in [1.82, 2.24) is 0 Å². The highest BCUT2D eigenvalue weighted by molar-refractivity contribution is 6.92. The van der Waals surface area contributed by atoms with Crippen LogP contribution >= 0.6 is 0 Å². The lowest BCUT2D eigenvalue weighted by Gasteiger charge is -2.51. The molecule has 6 aromatic rings. The van der Waals surface area contributed by atoms with Gasteiger partial charge in [-0.25, -0.2) is 0 Å². The third-order valence-electron chi connectivity index (χ3n) is 20.6. The van der Waals surface area contributed by atoms with E-state index in [1.165, 1.54) is 137 Å². The second-order valence-corrected chi connectivity index (χ2v) is 31.5. The minimum Gasteiger partial charge on any atom is -0.334 e. The van der Waals surface area contributed by atoms with E-state index in [2.05, 4.69) is 275 Å². The summed E-state index contributed by atoms with van der Waals surface area (Å²) in [7, 11) is 0. The van der Waals surface area contributed by atoms with Crippen molar-refractivity contribution in [3.05, 3.63) is 182 Å². The van der Waals surface area contributed by atoms with E-state index in [4.69, 9.17) is 0 Å². The maximum absolute atomic E-state index is 2.86. The zero-order valence-electron chi connectivity index (χ0n) is 51.7. The molecule has 3 aliphatic heterocycles. The number of nitrogens with zero attached hydrogens (tertiary/aromatic N) is 3. The molecule has 0 aromatic heterocycles. The van der Waals surface area contributed by atoms with Crippen molar-refractivity contribution in [3.8, 4) is 0 Å². The van der Waals surface area contributed by atoms with Gasteiger partial charge in [0.05, 0.1) is 5.54 Å². The van der Waals surface area contributed by atoms with Gasteiger partial charge < -0.3 is 14.7 Å². The van der Waals surface area contributed by atoms with Crippen molar-refractivity contribution in [2.45, 2.75) is 220 Å². The smallest absolute Gasteiger partial charge is 0.245 e. The molecule has 0 amide bonds. The predicted octanol–water partition coefficient (Wildman–Crippen LogP) is 19.4. The molecule has 2 atom stereocenters. The van der Waals surface area contributed by atoms with Gasteiger partial charge in [0.1, 0.15) is 0 Å². The van der Waals surface area contributed by atoms with Crippen LogP contribution in [-0.2, 0) is 43.3 Å². The fourth-order valence-electron chi connectivity index (χ4n) is 15.6. The van der Waals surface area contributed by atoms with Crippen LogP contribution in [0.5, 0.6) is 0 Å². The van der Waals surface area contributed by atoms with Crippen LogP contribution in [-0.4, -0.2) is 12.3 Å². The number of hydrogen-bond acceptors (Lipinski definition) is 3. The molecular weight excluding hydrogens is 942 g/mol. The van der Waals surface area contributed by atoms with Gasteiger partial charge in [0.25, 0.3) is 0 Å². The average molecular weight is 1030 g/mol. The Kier molecular flexibility index (Phi) is 11.2. The molecule has 0 N–H and O–H groups in total. The van der Waals surface area contributed by atoms with E-state index >= 15 is 0 Å². The van der Waals surface area contributed by atoms with Crippen LogP contribution in [0.1, 0.15) is 227 Å². The van der Waals surface area contributed by atoms with E-state index in [1.54, 1.807) is 0 Å². The van der Waals surface area contributed by atoms with Crippen LogP contribution < -0.4 is 20.2 Å². The Morgan fingerprint density at radius 3 is 1.15 bits per heavy atom. The maximum Gasteiger partial charge on any atom is 0.245 e. The molecule has 1 saturated carbocycles. The summed E-state index contributed by atoms with van der Waals surface area (Å²) in [6, 6.07) is 47.5. The molecule has 0 radical (unpaired) electrons. The fraction of sp³-hybridized carbons (Fsp3) is 0.459. The molecule has 0 spiro atoms. The van der Waals surface area contributed by atoms with Crippen molar-refractivity contribution < 1.29 is 0 Å². The van der Waals surface area contributed by atoms with Gasteiger partial charge >= 0.3 is 0 Å². The predicted molar refractivity (Wildman–Crippen MR) is 338 cm³/mol. The number of anilines is 6. The molecular formula is C74H90BN3. The van der Waals surface area contributed by atoms with Gasteiger partial charge in [-0.15, -0.1) is 0 Å². The first-order chi connectivity index (χ1) is 36.1. The minimum absolute atomic E-state index is 0.000890. The summed E-state index contributed by atoms with van der Waals surface area (Å²) < 4.78 is 0. The molecule has 3 heterocycles. The standard InChI is InChI=1S/C74H90BN3/c1-66(2,3)45-24-31-50(32-25-45)76-59-43-52(78-58-37-30-49(70(13,14)15)42-57(58)73(20)38-22-23-39-74(73,78)21)44-60-61(59)75(64-62(76)53-40-47(68(7,8)9)28-35-55(53)71(64,16)17)65-63(77(60)51-33-26-46(27-34-51)67(4,5)6)54-41-48(69(10,11)12)29-36-56(54)72(65,18)19/h24-37,40-44H,22-23,38-39H2,1-21H3. The molecule has 2 unspecified atom stereocenters. The van der Waals surface area contributed by atoms with Crippen LogP contribution in [0.25, 0.3) is 11.4 Å². The third kappa shape index (κ3) is 7.41. The molecule has 6 aromatic carbocycles. The quantitative estimate of drug-likeness (QED) is 0.164. The number of rotatable bonds is 3. The molecule has 4 heteroatoms.